The summed E-state index contributed by atoms with van der Waals surface area (Å²) in [5, 5.41) is 14.8. The van der Waals surface area contributed by atoms with Gasteiger partial charge in [-0.15, -0.1) is 0 Å². The minimum atomic E-state index is -1.82. The summed E-state index contributed by atoms with van der Waals surface area (Å²) in [5.41, 5.74) is 1.37. The quantitative estimate of drug-likeness (QED) is 0.802. The van der Waals surface area contributed by atoms with Crippen molar-refractivity contribution in [2.45, 2.75) is 26.4 Å². The molecule has 0 saturated carbocycles. The SMILES string of the molecule is COc1ccc(CN2CCN(C(C)C)CC2)cc1.O=C(O)C(=O)O. The number of carboxylic acids is 2. The first-order valence-corrected chi connectivity index (χ1v) is 7.89. The van der Waals surface area contributed by atoms with Gasteiger partial charge in [-0.25, -0.2) is 9.59 Å². The van der Waals surface area contributed by atoms with E-state index < -0.39 is 11.9 Å². The minimum absolute atomic E-state index is 0.674. The Balaban J connectivity index is 0.000000413. The smallest absolute Gasteiger partial charge is 0.414 e. The number of methoxy groups -OCH3 is 1. The van der Waals surface area contributed by atoms with Crippen LogP contribution in [0.15, 0.2) is 24.3 Å². The van der Waals surface area contributed by atoms with Crippen LogP contribution < -0.4 is 4.74 Å². The van der Waals surface area contributed by atoms with Crippen LogP contribution in [-0.4, -0.2) is 71.3 Å². The van der Waals surface area contributed by atoms with Gasteiger partial charge in [-0.1, -0.05) is 12.1 Å². The van der Waals surface area contributed by atoms with Crippen LogP contribution in [0.4, 0.5) is 0 Å². The Morgan fingerprint density at radius 2 is 1.54 bits per heavy atom. The molecule has 2 N–H and O–H groups in total. The van der Waals surface area contributed by atoms with Gasteiger partial charge in [0.1, 0.15) is 5.75 Å². The molecular formula is C17H26N2O5. The Morgan fingerprint density at radius 3 is 1.92 bits per heavy atom. The molecule has 0 spiro atoms. The number of aliphatic carboxylic acids is 2. The summed E-state index contributed by atoms with van der Waals surface area (Å²) in [7, 11) is 1.71. The lowest BCUT2D eigenvalue weighted by molar-refractivity contribution is -0.159. The lowest BCUT2D eigenvalue weighted by Crippen LogP contribution is -2.48. The highest BCUT2D eigenvalue weighted by Crippen LogP contribution is 2.14. The van der Waals surface area contributed by atoms with Gasteiger partial charge in [-0.05, 0) is 31.5 Å². The zero-order chi connectivity index (χ0) is 18.1. The fourth-order valence-electron chi connectivity index (χ4n) is 2.43. The third-order valence-electron chi connectivity index (χ3n) is 3.89. The third kappa shape index (κ3) is 6.97. The molecule has 0 radical (unpaired) electrons. The predicted octanol–water partition coefficient (Wildman–Crippen LogP) is 1.38. The lowest BCUT2D eigenvalue weighted by atomic mass is 10.2. The van der Waals surface area contributed by atoms with Crippen LogP contribution in [0, 0.1) is 0 Å². The Hall–Kier alpha value is -2.12. The second kappa shape index (κ2) is 9.89. The van der Waals surface area contributed by atoms with Crippen LogP contribution in [-0.2, 0) is 16.1 Å². The Kier molecular flexibility index (Phi) is 8.21. The van der Waals surface area contributed by atoms with Gasteiger partial charge in [0.2, 0.25) is 0 Å². The molecule has 1 aliphatic rings. The van der Waals surface area contributed by atoms with E-state index in [-0.39, 0.29) is 0 Å². The summed E-state index contributed by atoms with van der Waals surface area (Å²) in [6.07, 6.45) is 0. The molecule has 0 amide bonds. The molecule has 1 aromatic carbocycles. The van der Waals surface area contributed by atoms with Crippen molar-refractivity contribution in [3.8, 4) is 5.75 Å². The zero-order valence-electron chi connectivity index (χ0n) is 14.4. The maximum Gasteiger partial charge on any atom is 0.414 e. The van der Waals surface area contributed by atoms with Crippen molar-refractivity contribution in [3.05, 3.63) is 29.8 Å². The molecule has 134 valence electrons. The van der Waals surface area contributed by atoms with Crippen molar-refractivity contribution in [2.75, 3.05) is 33.3 Å². The van der Waals surface area contributed by atoms with Crippen molar-refractivity contribution < 1.29 is 24.5 Å². The van der Waals surface area contributed by atoms with Crippen LogP contribution in [0.2, 0.25) is 0 Å². The molecule has 7 nitrogen and oxygen atoms in total. The first-order valence-electron chi connectivity index (χ1n) is 7.89. The fourth-order valence-corrected chi connectivity index (χ4v) is 2.43. The van der Waals surface area contributed by atoms with E-state index in [2.05, 4.69) is 35.8 Å². The molecule has 1 aromatic rings. The van der Waals surface area contributed by atoms with Crippen LogP contribution in [0.3, 0.4) is 0 Å². The van der Waals surface area contributed by atoms with Crippen molar-refractivity contribution in [1.29, 1.82) is 0 Å². The summed E-state index contributed by atoms with van der Waals surface area (Å²) in [6.45, 7) is 10.3. The number of nitrogens with zero attached hydrogens (tertiary/aromatic N) is 2. The minimum Gasteiger partial charge on any atom is -0.497 e. The first-order chi connectivity index (χ1) is 11.3. The maximum atomic E-state index is 9.10. The first kappa shape index (κ1) is 19.9. The number of carboxylic acid groups (broad SMARTS) is 2. The van der Waals surface area contributed by atoms with Gasteiger partial charge in [-0.3, -0.25) is 9.80 Å². The van der Waals surface area contributed by atoms with E-state index in [9.17, 15) is 0 Å². The zero-order valence-corrected chi connectivity index (χ0v) is 14.4. The van der Waals surface area contributed by atoms with Crippen molar-refractivity contribution in [3.63, 3.8) is 0 Å². The molecule has 24 heavy (non-hydrogen) atoms. The monoisotopic (exact) mass is 338 g/mol. The number of piperazine rings is 1. The largest absolute Gasteiger partial charge is 0.497 e. The Labute approximate surface area is 142 Å². The highest BCUT2D eigenvalue weighted by Gasteiger charge is 2.18. The molecule has 1 aliphatic heterocycles. The summed E-state index contributed by atoms with van der Waals surface area (Å²) in [4.78, 5) is 23.3. The van der Waals surface area contributed by atoms with Gasteiger partial charge < -0.3 is 14.9 Å². The van der Waals surface area contributed by atoms with E-state index in [1.54, 1.807) is 7.11 Å². The summed E-state index contributed by atoms with van der Waals surface area (Å²) < 4.78 is 5.18. The second-order valence-corrected chi connectivity index (χ2v) is 5.86. The van der Waals surface area contributed by atoms with Crippen molar-refractivity contribution in [1.82, 2.24) is 9.80 Å². The average molecular weight is 338 g/mol. The molecule has 7 heteroatoms. The topological polar surface area (TPSA) is 90.3 Å². The number of ether oxygens (including phenoxy) is 1. The normalized spacial score (nSPS) is 15.5. The molecule has 1 fully saturated rings. The van der Waals surface area contributed by atoms with Crippen LogP contribution >= 0.6 is 0 Å². The highest BCUT2D eigenvalue weighted by atomic mass is 16.5. The summed E-state index contributed by atoms with van der Waals surface area (Å²) >= 11 is 0. The fraction of sp³-hybridized carbons (Fsp3) is 0.529. The van der Waals surface area contributed by atoms with Crippen LogP contribution in [0.25, 0.3) is 0 Å². The van der Waals surface area contributed by atoms with E-state index >= 15 is 0 Å². The number of rotatable bonds is 4. The molecule has 0 aliphatic carbocycles. The van der Waals surface area contributed by atoms with Crippen LogP contribution in [0.5, 0.6) is 5.75 Å². The second-order valence-electron chi connectivity index (χ2n) is 5.86. The van der Waals surface area contributed by atoms with Gasteiger partial charge in [0.05, 0.1) is 7.11 Å². The number of hydrogen-bond donors (Lipinski definition) is 2. The lowest BCUT2D eigenvalue weighted by Gasteiger charge is -2.36. The van der Waals surface area contributed by atoms with Crippen LogP contribution in [0.1, 0.15) is 19.4 Å². The number of hydrogen-bond acceptors (Lipinski definition) is 5. The number of carbonyl (C=O) groups is 2. The summed E-state index contributed by atoms with van der Waals surface area (Å²) in [5.74, 6) is -2.71. The van der Waals surface area contributed by atoms with E-state index in [1.165, 1.54) is 31.7 Å². The molecular weight excluding hydrogens is 312 g/mol. The molecule has 1 heterocycles. The molecule has 2 rings (SSSR count). The van der Waals surface area contributed by atoms with Crippen molar-refractivity contribution >= 4 is 11.9 Å². The number of benzene rings is 1. The van der Waals surface area contributed by atoms with Gasteiger partial charge in [0.15, 0.2) is 0 Å². The van der Waals surface area contributed by atoms with Gasteiger partial charge in [0.25, 0.3) is 0 Å². The standard InChI is InChI=1S/C15H24N2O.C2H2O4/c1-13(2)17-10-8-16(9-11-17)12-14-4-6-15(18-3)7-5-14;3-1(4)2(5)6/h4-7,13H,8-12H2,1-3H3;(H,3,4)(H,5,6). The Morgan fingerprint density at radius 1 is 1.04 bits per heavy atom. The molecule has 0 unspecified atom stereocenters. The predicted molar refractivity (Wildman–Crippen MR) is 90.3 cm³/mol. The molecule has 0 aromatic heterocycles. The molecule has 0 bridgehead atoms. The van der Waals surface area contributed by atoms with Crippen molar-refractivity contribution in [2.24, 2.45) is 0 Å². The van der Waals surface area contributed by atoms with Gasteiger partial charge >= 0.3 is 11.9 Å². The molecule has 0 atom stereocenters. The molecule has 1 saturated heterocycles. The third-order valence-corrected chi connectivity index (χ3v) is 3.89. The van der Waals surface area contributed by atoms with Gasteiger partial charge in [0, 0.05) is 38.8 Å². The maximum absolute atomic E-state index is 9.10. The van der Waals surface area contributed by atoms with E-state index in [0.29, 0.717) is 6.04 Å². The van der Waals surface area contributed by atoms with E-state index in [0.717, 1.165) is 12.3 Å². The highest BCUT2D eigenvalue weighted by molar-refractivity contribution is 6.27. The van der Waals surface area contributed by atoms with Gasteiger partial charge in [-0.2, -0.15) is 0 Å². The van der Waals surface area contributed by atoms with E-state index in [1.807, 2.05) is 12.1 Å². The summed E-state index contributed by atoms with van der Waals surface area (Å²) in [6, 6.07) is 9.08. The van der Waals surface area contributed by atoms with E-state index in [4.69, 9.17) is 24.5 Å². The average Bonchev–Trinajstić information content (AvgIpc) is 2.56. The Bertz CT molecular complexity index is 510.